The van der Waals surface area contributed by atoms with E-state index in [4.69, 9.17) is 5.73 Å². The molecule has 0 unspecified atom stereocenters. The van der Waals surface area contributed by atoms with Gasteiger partial charge in [-0.2, -0.15) is 0 Å². The lowest BCUT2D eigenvalue weighted by molar-refractivity contribution is 0.0650. The molecular formula is C16H23N3O2. The van der Waals surface area contributed by atoms with Gasteiger partial charge in [-0.3, -0.25) is 14.5 Å². The molecule has 0 atom stereocenters. The van der Waals surface area contributed by atoms with Crippen molar-refractivity contribution in [3.8, 4) is 0 Å². The van der Waals surface area contributed by atoms with Gasteiger partial charge in [0.25, 0.3) is 11.8 Å². The van der Waals surface area contributed by atoms with Gasteiger partial charge < -0.3 is 10.6 Å². The van der Waals surface area contributed by atoms with Crippen molar-refractivity contribution in [3.05, 3.63) is 29.3 Å². The highest BCUT2D eigenvalue weighted by atomic mass is 16.2. The molecule has 0 fully saturated rings. The Bertz CT molecular complexity index is 554. The molecule has 2 N–H and O–H groups in total. The topological polar surface area (TPSA) is 66.6 Å². The first-order valence-electron chi connectivity index (χ1n) is 7.38. The Hall–Kier alpha value is -1.88. The van der Waals surface area contributed by atoms with Crippen molar-refractivity contribution in [2.45, 2.75) is 32.7 Å². The summed E-state index contributed by atoms with van der Waals surface area (Å²) in [6.45, 7) is 5.71. The van der Waals surface area contributed by atoms with Crippen molar-refractivity contribution in [1.29, 1.82) is 0 Å². The second-order valence-corrected chi connectivity index (χ2v) is 5.81. The molecule has 1 aromatic carbocycles. The average Bonchev–Trinajstić information content (AvgIpc) is 2.68. The molecule has 0 radical (unpaired) electrons. The van der Waals surface area contributed by atoms with Gasteiger partial charge in [0, 0.05) is 18.3 Å². The van der Waals surface area contributed by atoms with Crippen molar-refractivity contribution in [2.24, 2.45) is 0 Å². The Balaban J connectivity index is 1.94. The van der Waals surface area contributed by atoms with Crippen molar-refractivity contribution in [2.75, 3.05) is 25.9 Å². The minimum Gasteiger partial charge on any atom is -0.398 e. The number of nitrogen functional groups attached to an aromatic ring is 1. The van der Waals surface area contributed by atoms with Crippen LogP contribution in [0.1, 0.15) is 47.4 Å². The zero-order valence-corrected chi connectivity index (χ0v) is 12.9. The fraction of sp³-hybridized carbons (Fsp3) is 0.500. The summed E-state index contributed by atoms with van der Waals surface area (Å²) >= 11 is 0. The monoisotopic (exact) mass is 289 g/mol. The molecule has 1 heterocycles. The molecule has 5 nitrogen and oxygen atoms in total. The number of fused-ring (bicyclic) bond motifs is 1. The van der Waals surface area contributed by atoms with Gasteiger partial charge in [0.2, 0.25) is 0 Å². The number of imide groups is 1. The van der Waals surface area contributed by atoms with E-state index in [0.29, 0.717) is 29.4 Å². The third kappa shape index (κ3) is 3.08. The first kappa shape index (κ1) is 15.5. The molecule has 2 rings (SSSR count). The van der Waals surface area contributed by atoms with Crippen molar-refractivity contribution in [1.82, 2.24) is 9.80 Å². The summed E-state index contributed by atoms with van der Waals surface area (Å²) in [5, 5.41) is 0. The van der Waals surface area contributed by atoms with Gasteiger partial charge >= 0.3 is 0 Å². The van der Waals surface area contributed by atoms with Crippen LogP contribution in [0.25, 0.3) is 0 Å². The summed E-state index contributed by atoms with van der Waals surface area (Å²) in [6.07, 6.45) is 1.76. The summed E-state index contributed by atoms with van der Waals surface area (Å²) in [5.74, 6) is -0.482. The molecule has 0 aromatic heterocycles. The van der Waals surface area contributed by atoms with E-state index in [1.54, 1.807) is 18.2 Å². The molecule has 1 aromatic rings. The van der Waals surface area contributed by atoms with Gasteiger partial charge in [-0.15, -0.1) is 0 Å². The number of unbranched alkanes of at least 4 members (excludes halogenated alkanes) is 1. The van der Waals surface area contributed by atoms with E-state index in [0.717, 1.165) is 19.4 Å². The number of amides is 2. The highest BCUT2D eigenvalue weighted by Gasteiger charge is 2.36. The van der Waals surface area contributed by atoms with Gasteiger partial charge in [-0.25, -0.2) is 0 Å². The predicted molar refractivity (Wildman–Crippen MR) is 83.2 cm³/mol. The van der Waals surface area contributed by atoms with Crippen molar-refractivity contribution in [3.63, 3.8) is 0 Å². The van der Waals surface area contributed by atoms with Crippen LogP contribution in [0.4, 0.5) is 5.69 Å². The lowest BCUT2D eigenvalue weighted by atomic mass is 10.1. The van der Waals surface area contributed by atoms with Gasteiger partial charge in [-0.1, -0.05) is 6.07 Å². The third-order valence-electron chi connectivity index (χ3n) is 4.06. The van der Waals surface area contributed by atoms with Crippen LogP contribution in [0.3, 0.4) is 0 Å². The molecule has 1 aliphatic rings. The molecule has 0 aliphatic carbocycles. The molecule has 0 saturated heterocycles. The number of anilines is 1. The van der Waals surface area contributed by atoms with Crippen LogP contribution in [-0.4, -0.2) is 47.8 Å². The molecule has 5 heteroatoms. The molecule has 114 valence electrons. The molecule has 21 heavy (non-hydrogen) atoms. The largest absolute Gasteiger partial charge is 0.398 e. The number of nitrogens with zero attached hydrogens (tertiary/aromatic N) is 2. The van der Waals surface area contributed by atoms with E-state index >= 15 is 0 Å². The Kier molecular flexibility index (Phi) is 4.63. The second kappa shape index (κ2) is 6.26. The normalized spacial score (nSPS) is 14.4. The summed E-state index contributed by atoms with van der Waals surface area (Å²) in [5.41, 5.74) is 6.98. The first-order chi connectivity index (χ1) is 9.93. The summed E-state index contributed by atoms with van der Waals surface area (Å²) in [4.78, 5) is 28.1. The maximum Gasteiger partial charge on any atom is 0.263 e. The van der Waals surface area contributed by atoms with Crippen LogP contribution < -0.4 is 5.73 Å². The summed E-state index contributed by atoms with van der Waals surface area (Å²) in [6, 6.07) is 5.54. The van der Waals surface area contributed by atoms with Crippen LogP contribution in [-0.2, 0) is 0 Å². The maximum absolute atomic E-state index is 12.3. The fourth-order valence-corrected chi connectivity index (χ4v) is 2.45. The number of hydrogen-bond acceptors (Lipinski definition) is 4. The maximum atomic E-state index is 12.3. The van der Waals surface area contributed by atoms with Gasteiger partial charge in [0.05, 0.1) is 11.1 Å². The predicted octanol–water partition coefficient (Wildman–Crippen LogP) is 1.99. The molecule has 1 aliphatic heterocycles. The Labute approximate surface area is 125 Å². The number of rotatable bonds is 6. The zero-order valence-electron chi connectivity index (χ0n) is 12.9. The van der Waals surface area contributed by atoms with E-state index in [-0.39, 0.29) is 11.8 Å². The van der Waals surface area contributed by atoms with E-state index in [1.807, 2.05) is 0 Å². The van der Waals surface area contributed by atoms with Crippen LogP contribution in [0, 0.1) is 0 Å². The van der Waals surface area contributed by atoms with Gasteiger partial charge in [0.15, 0.2) is 0 Å². The van der Waals surface area contributed by atoms with Crippen LogP contribution in [0.2, 0.25) is 0 Å². The lowest BCUT2D eigenvalue weighted by Crippen LogP contribution is -2.32. The molecule has 0 spiro atoms. The minimum atomic E-state index is -0.259. The Morgan fingerprint density at radius 1 is 1.19 bits per heavy atom. The van der Waals surface area contributed by atoms with E-state index in [9.17, 15) is 9.59 Å². The highest BCUT2D eigenvalue weighted by molar-refractivity contribution is 6.23. The van der Waals surface area contributed by atoms with Gasteiger partial charge in [0.1, 0.15) is 0 Å². The minimum absolute atomic E-state index is 0.223. The van der Waals surface area contributed by atoms with Gasteiger partial charge in [-0.05, 0) is 52.4 Å². The van der Waals surface area contributed by atoms with Crippen LogP contribution in [0.15, 0.2) is 18.2 Å². The molecule has 0 saturated carbocycles. The lowest BCUT2D eigenvalue weighted by Gasteiger charge is -2.21. The smallest absolute Gasteiger partial charge is 0.263 e. The van der Waals surface area contributed by atoms with Crippen LogP contribution in [0.5, 0.6) is 0 Å². The van der Waals surface area contributed by atoms with E-state index in [2.05, 4.69) is 25.8 Å². The van der Waals surface area contributed by atoms with Crippen molar-refractivity contribution >= 4 is 17.5 Å². The van der Waals surface area contributed by atoms with Crippen LogP contribution >= 0.6 is 0 Å². The number of hydrogen-bond donors (Lipinski definition) is 1. The third-order valence-corrected chi connectivity index (χ3v) is 4.06. The number of carbonyl (C=O) groups excluding carboxylic acids is 2. The SMILES string of the molecule is CC(C)N(C)CCCCN1C(=O)c2cccc(N)c2C1=O. The number of carbonyl (C=O) groups is 2. The zero-order chi connectivity index (χ0) is 15.6. The number of nitrogens with two attached hydrogens (primary N) is 1. The second-order valence-electron chi connectivity index (χ2n) is 5.81. The van der Waals surface area contributed by atoms with Crippen molar-refractivity contribution < 1.29 is 9.59 Å². The quantitative estimate of drug-likeness (QED) is 0.494. The molecular weight excluding hydrogens is 266 g/mol. The highest BCUT2D eigenvalue weighted by Crippen LogP contribution is 2.27. The van der Waals surface area contributed by atoms with E-state index in [1.165, 1.54) is 4.90 Å². The standard InChI is InChI=1S/C16H23N3O2/c1-11(2)18(3)9-4-5-10-19-15(20)12-7-6-8-13(17)14(12)16(19)21/h6-8,11H,4-5,9-10,17H2,1-3H3. The molecule has 2 amide bonds. The van der Waals surface area contributed by atoms with E-state index < -0.39 is 0 Å². The first-order valence-corrected chi connectivity index (χ1v) is 7.38. The fourth-order valence-electron chi connectivity index (χ4n) is 2.45. The average molecular weight is 289 g/mol. The number of benzene rings is 1. The Morgan fingerprint density at radius 2 is 1.90 bits per heavy atom. The Morgan fingerprint density at radius 3 is 2.52 bits per heavy atom. The molecule has 0 bridgehead atoms. The summed E-state index contributed by atoms with van der Waals surface area (Å²) in [7, 11) is 2.08. The summed E-state index contributed by atoms with van der Waals surface area (Å²) < 4.78 is 0.